The van der Waals surface area contributed by atoms with Gasteiger partial charge in [0, 0.05) is 5.56 Å². The Labute approximate surface area is 226 Å². The highest BCUT2D eigenvalue weighted by molar-refractivity contribution is 7.22. The lowest BCUT2D eigenvalue weighted by Crippen LogP contribution is -2.29. The number of esters is 1. The molecule has 0 saturated carbocycles. The summed E-state index contributed by atoms with van der Waals surface area (Å²) in [6.45, 7) is 2.44. The van der Waals surface area contributed by atoms with Crippen molar-refractivity contribution in [2.45, 2.75) is 19.4 Å². The van der Waals surface area contributed by atoms with Crippen molar-refractivity contribution in [3.8, 4) is 5.75 Å². The van der Waals surface area contributed by atoms with Crippen LogP contribution < -0.4 is 9.64 Å². The number of hydrogen-bond donors (Lipinski definition) is 1. The molecule has 0 radical (unpaired) electrons. The van der Waals surface area contributed by atoms with Gasteiger partial charge < -0.3 is 14.6 Å². The molecule has 8 nitrogen and oxygen atoms in total. The summed E-state index contributed by atoms with van der Waals surface area (Å²) in [4.78, 5) is 44.5. The quantitative estimate of drug-likeness (QED) is 0.138. The molecular formula is C29H23FN2O6S. The van der Waals surface area contributed by atoms with Crippen LogP contribution in [0.5, 0.6) is 5.75 Å². The van der Waals surface area contributed by atoms with E-state index in [4.69, 9.17) is 9.47 Å². The molecule has 0 spiro atoms. The highest BCUT2D eigenvalue weighted by atomic mass is 32.1. The normalized spacial score (nSPS) is 16.6. The lowest BCUT2D eigenvalue weighted by atomic mass is 9.94. The summed E-state index contributed by atoms with van der Waals surface area (Å²) >= 11 is 1.05. The maximum atomic E-state index is 13.9. The number of thiazole rings is 1. The van der Waals surface area contributed by atoms with Gasteiger partial charge in [-0.25, -0.2) is 14.2 Å². The van der Waals surface area contributed by atoms with Crippen molar-refractivity contribution < 1.29 is 33.4 Å². The number of carbonyl (C=O) groups is 3. The van der Waals surface area contributed by atoms with Crippen molar-refractivity contribution in [2.24, 2.45) is 0 Å². The number of amides is 1. The molecule has 1 aromatic heterocycles. The van der Waals surface area contributed by atoms with Gasteiger partial charge in [0.15, 0.2) is 5.13 Å². The van der Waals surface area contributed by atoms with Gasteiger partial charge in [0.1, 0.15) is 17.3 Å². The zero-order chi connectivity index (χ0) is 27.7. The number of aliphatic hydroxyl groups is 1. The van der Waals surface area contributed by atoms with Crippen LogP contribution in [0.2, 0.25) is 0 Å². The van der Waals surface area contributed by atoms with Crippen molar-refractivity contribution in [2.75, 3.05) is 18.6 Å². The third kappa shape index (κ3) is 4.86. The van der Waals surface area contributed by atoms with Gasteiger partial charge in [-0.15, -0.1) is 0 Å². The number of benzene rings is 3. The number of Topliss-reactive ketones (excluding diaryl/α,β-unsaturated/α-hetero) is 1. The standard InChI is InChI=1S/C29H23FN2O6S/c1-3-13-38-20-6-4-5-18(14-20)25(33)23-24(16-7-9-17(10-8-16)28(36)37-2)32(27(35)26(23)34)29-31-21-12-11-19(30)15-22(21)39-29/h4-12,14-15,24,33H,3,13H2,1-2H3. The van der Waals surface area contributed by atoms with Gasteiger partial charge >= 0.3 is 11.9 Å². The molecule has 4 aromatic rings. The molecule has 1 aliphatic heterocycles. The van der Waals surface area contributed by atoms with E-state index < -0.39 is 29.5 Å². The van der Waals surface area contributed by atoms with Gasteiger partial charge in [0.05, 0.1) is 41.1 Å². The largest absolute Gasteiger partial charge is 0.507 e. The zero-order valence-electron chi connectivity index (χ0n) is 21.0. The van der Waals surface area contributed by atoms with Gasteiger partial charge in [0.2, 0.25) is 0 Å². The van der Waals surface area contributed by atoms with Crippen LogP contribution in [0.25, 0.3) is 16.0 Å². The monoisotopic (exact) mass is 546 g/mol. The van der Waals surface area contributed by atoms with Crippen LogP contribution >= 0.6 is 11.3 Å². The van der Waals surface area contributed by atoms with Crippen LogP contribution in [0.1, 0.15) is 40.9 Å². The summed E-state index contributed by atoms with van der Waals surface area (Å²) in [5.74, 6) is -2.68. The first-order chi connectivity index (χ1) is 18.8. The number of methoxy groups -OCH3 is 1. The van der Waals surface area contributed by atoms with Crippen molar-refractivity contribution in [1.82, 2.24) is 4.98 Å². The number of hydrogen-bond acceptors (Lipinski definition) is 8. The number of halogens is 1. The summed E-state index contributed by atoms with van der Waals surface area (Å²) in [6, 6.07) is 15.8. The molecule has 0 bridgehead atoms. The van der Waals surface area contributed by atoms with Crippen LogP contribution in [0, 0.1) is 5.82 Å². The minimum absolute atomic E-state index is 0.149. The average molecular weight is 547 g/mol. The number of nitrogens with zero attached hydrogens (tertiary/aromatic N) is 2. The molecule has 1 saturated heterocycles. The first kappa shape index (κ1) is 26.1. The van der Waals surface area contributed by atoms with Gasteiger partial charge in [-0.3, -0.25) is 14.5 Å². The van der Waals surface area contributed by atoms with E-state index in [1.807, 2.05) is 6.92 Å². The third-order valence-electron chi connectivity index (χ3n) is 6.22. The van der Waals surface area contributed by atoms with Gasteiger partial charge in [-0.05, 0) is 54.4 Å². The minimum Gasteiger partial charge on any atom is -0.507 e. The summed E-state index contributed by atoms with van der Waals surface area (Å²) in [7, 11) is 1.26. The van der Waals surface area contributed by atoms with Crippen LogP contribution in [0.4, 0.5) is 9.52 Å². The fraction of sp³-hybridized carbons (Fsp3) is 0.172. The molecule has 198 valence electrons. The topological polar surface area (TPSA) is 106 Å². The molecule has 1 amide bonds. The number of fused-ring (bicyclic) bond motifs is 1. The lowest BCUT2D eigenvalue weighted by molar-refractivity contribution is -0.132. The molecule has 1 aliphatic rings. The molecule has 5 rings (SSSR count). The van der Waals surface area contributed by atoms with Crippen molar-refractivity contribution in [1.29, 1.82) is 0 Å². The molecule has 39 heavy (non-hydrogen) atoms. The second-order valence-electron chi connectivity index (χ2n) is 8.77. The average Bonchev–Trinajstić information content (AvgIpc) is 3.48. The van der Waals surface area contributed by atoms with E-state index in [0.717, 1.165) is 17.8 Å². The zero-order valence-corrected chi connectivity index (χ0v) is 21.8. The van der Waals surface area contributed by atoms with Crippen LogP contribution in [-0.2, 0) is 14.3 Å². The van der Waals surface area contributed by atoms with Crippen LogP contribution in [-0.4, -0.2) is 41.5 Å². The third-order valence-corrected chi connectivity index (χ3v) is 7.24. The Hall–Kier alpha value is -4.57. The summed E-state index contributed by atoms with van der Waals surface area (Å²) in [5.41, 5.74) is 1.33. The summed E-state index contributed by atoms with van der Waals surface area (Å²) < 4.78 is 24.8. The molecule has 1 unspecified atom stereocenters. The predicted octanol–water partition coefficient (Wildman–Crippen LogP) is 5.64. The first-order valence-electron chi connectivity index (χ1n) is 12.1. The predicted molar refractivity (Wildman–Crippen MR) is 144 cm³/mol. The number of rotatable bonds is 7. The Morgan fingerprint density at radius 2 is 1.85 bits per heavy atom. The summed E-state index contributed by atoms with van der Waals surface area (Å²) in [5, 5.41) is 11.6. The first-order valence-corrected chi connectivity index (χ1v) is 12.9. The Kier molecular flexibility index (Phi) is 7.12. The highest BCUT2D eigenvalue weighted by Gasteiger charge is 2.48. The van der Waals surface area contributed by atoms with Crippen molar-refractivity contribution in [3.63, 3.8) is 0 Å². The second-order valence-corrected chi connectivity index (χ2v) is 9.78. The molecular weight excluding hydrogens is 523 g/mol. The number of aromatic nitrogens is 1. The van der Waals surface area contributed by atoms with E-state index in [2.05, 4.69) is 4.98 Å². The van der Waals surface area contributed by atoms with Crippen molar-refractivity contribution in [3.05, 3.63) is 94.8 Å². The molecule has 10 heteroatoms. The van der Waals surface area contributed by atoms with E-state index in [9.17, 15) is 23.9 Å². The minimum atomic E-state index is -1.07. The lowest BCUT2D eigenvalue weighted by Gasteiger charge is -2.23. The maximum Gasteiger partial charge on any atom is 0.337 e. The smallest absolute Gasteiger partial charge is 0.337 e. The second kappa shape index (κ2) is 10.7. The number of carbonyl (C=O) groups excluding carboxylic acids is 3. The SMILES string of the molecule is CCCOc1cccc(C(O)=C2C(=O)C(=O)N(c3nc4ccc(F)cc4s3)C2c2ccc(C(=O)OC)cc2)c1. The van der Waals surface area contributed by atoms with E-state index in [1.165, 1.54) is 42.3 Å². The Bertz CT molecular complexity index is 1630. The molecule has 3 aromatic carbocycles. The van der Waals surface area contributed by atoms with Gasteiger partial charge in [0.25, 0.3) is 5.78 Å². The molecule has 1 fully saturated rings. The molecule has 1 atom stereocenters. The number of aliphatic hydroxyl groups excluding tert-OH is 1. The summed E-state index contributed by atoms with van der Waals surface area (Å²) in [6.07, 6.45) is 0.787. The molecule has 1 N–H and O–H groups in total. The molecule has 2 heterocycles. The highest BCUT2D eigenvalue weighted by Crippen LogP contribution is 2.44. The molecule has 0 aliphatic carbocycles. The van der Waals surface area contributed by atoms with E-state index in [0.29, 0.717) is 33.7 Å². The van der Waals surface area contributed by atoms with E-state index in [1.54, 1.807) is 36.4 Å². The van der Waals surface area contributed by atoms with Gasteiger partial charge in [-0.1, -0.05) is 42.5 Å². The van der Waals surface area contributed by atoms with Crippen LogP contribution in [0.3, 0.4) is 0 Å². The van der Waals surface area contributed by atoms with Crippen LogP contribution in [0.15, 0.2) is 72.3 Å². The van der Waals surface area contributed by atoms with Crippen molar-refractivity contribution >= 4 is 50.1 Å². The number of ether oxygens (including phenoxy) is 2. The fourth-order valence-corrected chi connectivity index (χ4v) is 5.38. The maximum absolute atomic E-state index is 13.9. The number of anilines is 1. The van der Waals surface area contributed by atoms with E-state index in [-0.39, 0.29) is 22.0 Å². The Morgan fingerprint density at radius 3 is 2.56 bits per heavy atom. The Morgan fingerprint density at radius 1 is 1.08 bits per heavy atom. The fourth-order valence-electron chi connectivity index (χ4n) is 4.36. The number of ketones is 1. The van der Waals surface area contributed by atoms with E-state index >= 15 is 0 Å². The van der Waals surface area contributed by atoms with Gasteiger partial charge in [-0.2, -0.15) is 0 Å². The Balaban J connectivity index is 1.67.